The first-order chi connectivity index (χ1) is 14.0. The van der Waals surface area contributed by atoms with Crippen molar-refractivity contribution in [3.63, 3.8) is 0 Å². The lowest BCUT2D eigenvalue weighted by Gasteiger charge is -2.25. The van der Waals surface area contributed by atoms with Gasteiger partial charge in [-0.3, -0.25) is 4.79 Å². The summed E-state index contributed by atoms with van der Waals surface area (Å²) in [6.07, 6.45) is 5.61. The largest absolute Gasteiger partial charge is 0.370 e. The van der Waals surface area contributed by atoms with Gasteiger partial charge < -0.3 is 10.2 Å². The summed E-state index contributed by atoms with van der Waals surface area (Å²) in [4.78, 5) is 14.8. The molecule has 1 aromatic carbocycles. The van der Waals surface area contributed by atoms with Crippen molar-refractivity contribution in [2.45, 2.75) is 42.7 Å². The van der Waals surface area contributed by atoms with Crippen molar-refractivity contribution in [3.8, 4) is 0 Å². The summed E-state index contributed by atoms with van der Waals surface area (Å²) in [7, 11) is -1.91. The van der Waals surface area contributed by atoms with Crippen LogP contribution >= 0.6 is 11.3 Å². The predicted octanol–water partition coefficient (Wildman–Crippen LogP) is 4.17. The van der Waals surface area contributed by atoms with E-state index in [-0.39, 0.29) is 12.3 Å². The maximum atomic E-state index is 12.5. The third-order valence-electron chi connectivity index (χ3n) is 5.16. The summed E-state index contributed by atoms with van der Waals surface area (Å²) in [6, 6.07) is 11.2. The molecule has 1 N–H and O–H groups in total. The number of thiophene rings is 1. The second-order valence-electron chi connectivity index (χ2n) is 7.33. The van der Waals surface area contributed by atoms with E-state index in [9.17, 15) is 13.2 Å². The van der Waals surface area contributed by atoms with Gasteiger partial charge in [0, 0.05) is 33.1 Å². The molecule has 1 aromatic heterocycles. The average molecular weight is 436 g/mol. The van der Waals surface area contributed by atoms with E-state index < -0.39 is 10.0 Å². The quantitative estimate of drug-likeness (QED) is 0.676. The second-order valence-corrected chi connectivity index (χ2v) is 10.5. The van der Waals surface area contributed by atoms with Crippen molar-refractivity contribution < 1.29 is 13.2 Å². The fraction of sp³-hybridized carbons (Fsp3) is 0.476. The molecule has 2 heterocycles. The Hall–Kier alpha value is -1.90. The van der Waals surface area contributed by atoms with Crippen LogP contribution in [0.5, 0.6) is 0 Å². The lowest BCUT2D eigenvalue weighted by atomic mass is 10.2. The Balaban J connectivity index is 1.53. The van der Waals surface area contributed by atoms with Crippen LogP contribution in [0.3, 0.4) is 0 Å². The molecule has 0 bridgehead atoms. The van der Waals surface area contributed by atoms with Crippen LogP contribution in [0.25, 0.3) is 0 Å². The summed E-state index contributed by atoms with van der Waals surface area (Å²) in [5.41, 5.74) is 1.90. The van der Waals surface area contributed by atoms with Crippen LogP contribution < -0.4 is 10.2 Å². The Morgan fingerprint density at radius 1 is 1.10 bits per heavy atom. The maximum absolute atomic E-state index is 12.5. The average Bonchev–Trinajstić information content (AvgIpc) is 3.13. The second kappa shape index (κ2) is 10.2. The molecule has 0 atom stereocenters. The molecule has 0 aliphatic carbocycles. The summed E-state index contributed by atoms with van der Waals surface area (Å²) in [5.74, 6) is -0.0887. The molecule has 1 aliphatic rings. The Kier molecular flexibility index (Phi) is 7.69. The van der Waals surface area contributed by atoms with Gasteiger partial charge in [-0.25, -0.2) is 12.7 Å². The van der Waals surface area contributed by atoms with Crippen molar-refractivity contribution >= 4 is 38.6 Å². The number of carbonyl (C=O) groups is 1. The zero-order valence-electron chi connectivity index (χ0n) is 16.8. The van der Waals surface area contributed by atoms with E-state index in [1.807, 2.05) is 18.2 Å². The van der Waals surface area contributed by atoms with Gasteiger partial charge in [0.25, 0.3) is 10.0 Å². The zero-order valence-corrected chi connectivity index (χ0v) is 18.5. The summed E-state index contributed by atoms with van der Waals surface area (Å²) in [5, 5.41) is 4.77. The molecule has 1 fully saturated rings. The van der Waals surface area contributed by atoms with Crippen LogP contribution in [0, 0.1) is 0 Å². The highest BCUT2D eigenvalue weighted by atomic mass is 32.2. The van der Waals surface area contributed by atoms with Gasteiger partial charge in [-0.2, -0.15) is 0 Å². The lowest BCUT2D eigenvalue weighted by Crippen LogP contribution is -2.28. The van der Waals surface area contributed by atoms with Crippen LogP contribution in [-0.4, -0.2) is 45.3 Å². The van der Waals surface area contributed by atoms with Crippen molar-refractivity contribution in [2.24, 2.45) is 0 Å². The van der Waals surface area contributed by atoms with Crippen LogP contribution in [0.4, 0.5) is 11.4 Å². The molecule has 2 aromatic rings. The number of hydrogen-bond acceptors (Lipinski definition) is 5. The third kappa shape index (κ3) is 5.81. The SMILES string of the molecule is CN(CCCC(=O)Nc1ccccc1N1CCCCCC1)S(=O)(=O)c1cccs1. The van der Waals surface area contributed by atoms with Crippen molar-refractivity contribution in [3.05, 3.63) is 41.8 Å². The number of carbonyl (C=O) groups excluding carboxylic acids is 1. The molecule has 6 nitrogen and oxygen atoms in total. The number of hydrogen-bond donors (Lipinski definition) is 1. The first-order valence-corrected chi connectivity index (χ1v) is 12.4. The monoisotopic (exact) mass is 435 g/mol. The molecule has 0 radical (unpaired) electrons. The minimum absolute atomic E-state index is 0.0887. The molecule has 0 spiro atoms. The molecular weight excluding hydrogens is 406 g/mol. The van der Waals surface area contributed by atoms with Gasteiger partial charge in [-0.1, -0.05) is 31.0 Å². The zero-order chi connectivity index (χ0) is 20.7. The minimum atomic E-state index is -3.46. The standard InChI is InChI=1S/C21H29N3O3S2/c1-23(29(26,27)21-13-9-17-28-21)14-8-12-20(25)22-18-10-4-5-11-19(18)24-15-6-2-3-7-16-24/h4-5,9-11,13,17H,2-3,6-8,12,14-16H2,1H3,(H,22,25). The Morgan fingerprint density at radius 2 is 1.83 bits per heavy atom. The van der Waals surface area contributed by atoms with Crippen LogP contribution in [-0.2, 0) is 14.8 Å². The molecule has 0 saturated carbocycles. The van der Waals surface area contributed by atoms with Gasteiger partial charge in [0.1, 0.15) is 4.21 Å². The minimum Gasteiger partial charge on any atom is -0.370 e. The first-order valence-electron chi connectivity index (χ1n) is 10.1. The van der Waals surface area contributed by atoms with Gasteiger partial charge in [0.15, 0.2) is 0 Å². The number of rotatable bonds is 8. The third-order valence-corrected chi connectivity index (χ3v) is 8.39. The summed E-state index contributed by atoms with van der Waals surface area (Å²) >= 11 is 1.20. The van der Waals surface area contributed by atoms with Crippen molar-refractivity contribution in [2.75, 3.05) is 36.9 Å². The number of amides is 1. The summed E-state index contributed by atoms with van der Waals surface area (Å²) in [6.45, 7) is 2.33. The number of nitrogens with zero attached hydrogens (tertiary/aromatic N) is 2. The molecule has 1 amide bonds. The van der Waals surface area contributed by atoms with Crippen LogP contribution in [0.15, 0.2) is 46.0 Å². The van der Waals surface area contributed by atoms with Gasteiger partial charge in [-0.05, 0) is 42.8 Å². The van der Waals surface area contributed by atoms with Crippen LogP contribution in [0.1, 0.15) is 38.5 Å². The van der Waals surface area contributed by atoms with E-state index in [1.54, 1.807) is 24.6 Å². The van der Waals surface area contributed by atoms with E-state index in [2.05, 4.69) is 16.3 Å². The Bertz CT molecular complexity index is 890. The molecular formula is C21H29N3O3S2. The highest BCUT2D eigenvalue weighted by Gasteiger charge is 2.21. The maximum Gasteiger partial charge on any atom is 0.252 e. The number of nitrogens with one attached hydrogen (secondary N) is 1. The smallest absolute Gasteiger partial charge is 0.252 e. The van der Waals surface area contributed by atoms with Gasteiger partial charge in [0.2, 0.25) is 5.91 Å². The fourth-order valence-electron chi connectivity index (χ4n) is 3.53. The Labute approximate surface area is 177 Å². The fourth-order valence-corrected chi connectivity index (χ4v) is 5.94. The molecule has 158 valence electrons. The van der Waals surface area contributed by atoms with Crippen molar-refractivity contribution in [1.29, 1.82) is 0 Å². The summed E-state index contributed by atoms with van der Waals surface area (Å²) < 4.78 is 26.5. The number of benzene rings is 1. The van der Waals surface area contributed by atoms with E-state index in [0.29, 0.717) is 17.2 Å². The highest BCUT2D eigenvalue weighted by molar-refractivity contribution is 7.91. The normalized spacial score (nSPS) is 15.3. The molecule has 8 heteroatoms. The molecule has 0 unspecified atom stereocenters. The van der Waals surface area contributed by atoms with E-state index in [0.717, 1.165) is 24.5 Å². The molecule has 3 rings (SSSR count). The molecule has 29 heavy (non-hydrogen) atoms. The number of sulfonamides is 1. The molecule has 1 saturated heterocycles. The number of para-hydroxylation sites is 2. The highest BCUT2D eigenvalue weighted by Crippen LogP contribution is 2.28. The predicted molar refractivity (Wildman–Crippen MR) is 119 cm³/mol. The van der Waals surface area contributed by atoms with Crippen molar-refractivity contribution in [1.82, 2.24) is 4.31 Å². The van der Waals surface area contributed by atoms with E-state index >= 15 is 0 Å². The molecule has 1 aliphatic heterocycles. The van der Waals surface area contributed by atoms with Crippen LogP contribution in [0.2, 0.25) is 0 Å². The van der Waals surface area contributed by atoms with Gasteiger partial charge in [0.05, 0.1) is 11.4 Å². The van der Waals surface area contributed by atoms with Gasteiger partial charge >= 0.3 is 0 Å². The van der Waals surface area contributed by atoms with E-state index in [1.165, 1.54) is 41.3 Å². The topological polar surface area (TPSA) is 69.7 Å². The van der Waals surface area contributed by atoms with E-state index in [4.69, 9.17) is 0 Å². The Morgan fingerprint density at radius 3 is 2.52 bits per heavy atom. The first kappa shape index (κ1) is 21.8. The van der Waals surface area contributed by atoms with Gasteiger partial charge in [-0.15, -0.1) is 11.3 Å². The lowest BCUT2D eigenvalue weighted by molar-refractivity contribution is -0.116. The number of anilines is 2.